The minimum atomic E-state index is 0.0401. The predicted molar refractivity (Wildman–Crippen MR) is 123 cm³/mol. The Labute approximate surface area is 199 Å². The number of halogens is 6. The molecule has 9 heteroatoms. The average molecular weight is 517 g/mol. The monoisotopic (exact) mass is 514 g/mol. The van der Waals surface area contributed by atoms with Crippen LogP contribution in [0.15, 0.2) is 57.0 Å². The zero-order valence-corrected chi connectivity index (χ0v) is 19.7. The molecule has 0 spiro atoms. The molecule has 0 aromatic heterocycles. The van der Waals surface area contributed by atoms with E-state index in [4.69, 9.17) is 83.8 Å². The minimum Gasteiger partial charge on any atom is -0.489 e. The van der Waals surface area contributed by atoms with Crippen molar-refractivity contribution in [1.82, 2.24) is 0 Å². The summed E-state index contributed by atoms with van der Waals surface area (Å²) in [5, 5.41) is 0.524. The molecule has 0 unspecified atom stereocenters. The largest absolute Gasteiger partial charge is 0.489 e. The van der Waals surface area contributed by atoms with Crippen LogP contribution in [-0.2, 0) is 0 Å². The van der Waals surface area contributed by atoms with Crippen molar-refractivity contribution in [2.24, 2.45) is 0 Å². The molecule has 0 saturated carbocycles. The first-order valence-electron chi connectivity index (χ1n) is 8.24. The highest BCUT2D eigenvalue weighted by atomic mass is 35.5. The third-order valence-corrected chi connectivity index (χ3v) is 4.96. The van der Waals surface area contributed by atoms with E-state index in [9.17, 15) is 0 Å². The van der Waals surface area contributed by atoms with E-state index in [0.717, 1.165) is 5.56 Å². The van der Waals surface area contributed by atoms with Crippen LogP contribution in [0.25, 0.3) is 0 Å². The first-order chi connectivity index (χ1) is 13.8. The van der Waals surface area contributed by atoms with Crippen molar-refractivity contribution >= 4 is 69.6 Å². The molecule has 0 atom stereocenters. The minimum absolute atomic E-state index is 0.0401. The van der Waals surface area contributed by atoms with Crippen molar-refractivity contribution in [2.45, 2.75) is 6.92 Å². The van der Waals surface area contributed by atoms with Gasteiger partial charge in [-0.15, -0.1) is 0 Å². The third-order valence-electron chi connectivity index (χ3n) is 3.55. The van der Waals surface area contributed by atoms with Gasteiger partial charge in [-0.3, -0.25) is 0 Å². The molecule has 0 radical (unpaired) electrons. The Hall–Kier alpha value is -0.940. The van der Waals surface area contributed by atoms with Gasteiger partial charge < -0.3 is 14.2 Å². The second kappa shape index (κ2) is 12.0. The highest BCUT2D eigenvalue weighted by Crippen LogP contribution is 2.37. The Kier molecular flexibility index (Phi) is 10.1. The lowest BCUT2D eigenvalue weighted by atomic mass is 10.2. The van der Waals surface area contributed by atoms with Gasteiger partial charge >= 0.3 is 0 Å². The van der Waals surface area contributed by atoms with Gasteiger partial charge in [0.25, 0.3) is 0 Å². The van der Waals surface area contributed by atoms with Crippen molar-refractivity contribution in [1.29, 1.82) is 0 Å². The van der Waals surface area contributed by atoms with Gasteiger partial charge in [-0.1, -0.05) is 87.3 Å². The summed E-state index contributed by atoms with van der Waals surface area (Å²) in [6.07, 6.45) is 1.49. The fourth-order valence-corrected chi connectivity index (χ4v) is 2.99. The fraction of sp³-hybridized carbons (Fsp3) is 0.200. The first-order valence-corrected chi connectivity index (χ1v) is 10.5. The molecular formula is C20H16Cl6O3. The molecule has 0 aliphatic heterocycles. The maximum absolute atomic E-state index is 6.26. The first kappa shape index (κ1) is 24.3. The Balaban J connectivity index is 2.01. The molecule has 0 amide bonds. The summed E-state index contributed by atoms with van der Waals surface area (Å²) in [7, 11) is 0. The van der Waals surface area contributed by atoms with Crippen LogP contribution in [-0.4, -0.2) is 19.8 Å². The van der Waals surface area contributed by atoms with Gasteiger partial charge in [0.2, 0.25) is 0 Å². The maximum Gasteiger partial charge on any atom is 0.157 e. The average Bonchev–Trinajstić information content (AvgIpc) is 2.64. The van der Waals surface area contributed by atoms with E-state index in [-0.39, 0.29) is 44.6 Å². The lowest BCUT2D eigenvalue weighted by molar-refractivity contribution is 0.300. The van der Waals surface area contributed by atoms with Gasteiger partial charge in [0.1, 0.15) is 40.3 Å². The summed E-state index contributed by atoms with van der Waals surface area (Å²) in [6.45, 7) is 2.35. The Morgan fingerprint density at radius 3 is 1.97 bits per heavy atom. The van der Waals surface area contributed by atoms with E-state index in [2.05, 4.69) is 0 Å². The summed E-state index contributed by atoms with van der Waals surface area (Å²) >= 11 is 35.5. The van der Waals surface area contributed by atoms with E-state index in [0.29, 0.717) is 17.1 Å². The standard InChI is InChI=1S/C20H16Cl6O3/c1-12-2-4-14(5-3-12)28-10-13(20(25)26)11-29-19-16(21)8-15(9-17(19)22)27-7-6-18(23)24/h2-6,8-9H,7,10-11H2,1H3. The van der Waals surface area contributed by atoms with Crippen LogP contribution >= 0.6 is 69.6 Å². The van der Waals surface area contributed by atoms with E-state index in [1.165, 1.54) is 6.08 Å². The lowest BCUT2D eigenvalue weighted by Crippen LogP contribution is -2.11. The summed E-state index contributed by atoms with van der Waals surface area (Å²) < 4.78 is 17.0. The highest BCUT2D eigenvalue weighted by molar-refractivity contribution is 6.56. The second-order valence-electron chi connectivity index (χ2n) is 5.78. The smallest absolute Gasteiger partial charge is 0.157 e. The van der Waals surface area contributed by atoms with Gasteiger partial charge in [-0.2, -0.15) is 0 Å². The molecule has 2 rings (SSSR count). The van der Waals surface area contributed by atoms with Crippen molar-refractivity contribution in [3.05, 3.63) is 72.6 Å². The molecule has 2 aromatic rings. The zero-order valence-electron chi connectivity index (χ0n) is 15.2. The molecule has 2 aromatic carbocycles. The summed E-state index contributed by atoms with van der Waals surface area (Å²) in [6, 6.07) is 10.7. The van der Waals surface area contributed by atoms with E-state index >= 15 is 0 Å². The van der Waals surface area contributed by atoms with E-state index < -0.39 is 0 Å². The normalized spacial score (nSPS) is 10.3. The van der Waals surface area contributed by atoms with Gasteiger partial charge in [0, 0.05) is 17.7 Å². The maximum atomic E-state index is 6.26. The third kappa shape index (κ3) is 8.37. The molecule has 0 heterocycles. The molecule has 29 heavy (non-hydrogen) atoms. The van der Waals surface area contributed by atoms with Crippen LogP contribution in [0.5, 0.6) is 17.2 Å². The molecule has 156 valence electrons. The Morgan fingerprint density at radius 1 is 0.828 bits per heavy atom. The lowest BCUT2D eigenvalue weighted by Gasteiger charge is -2.15. The van der Waals surface area contributed by atoms with Crippen molar-refractivity contribution in [2.75, 3.05) is 19.8 Å². The van der Waals surface area contributed by atoms with Crippen molar-refractivity contribution < 1.29 is 14.2 Å². The quantitative estimate of drug-likeness (QED) is 0.336. The van der Waals surface area contributed by atoms with Crippen molar-refractivity contribution in [3.8, 4) is 17.2 Å². The van der Waals surface area contributed by atoms with Crippen molar-refractivity contribution in [3.63, 3.8) is 0 Å². The molecule has 0 aliphatic rings. The number of aryl methyl sites for hydroxylation is 1. The zero-order chi connectivity index (χ0) is 21.4. The summed E-state index contributed by atoms with van der Waals surface area (Å²) in [5.74, 6) is 1.40. The molecule has 0 saturated heterocycles. The van der Waals surface area contributed by atoms with E-state index in [1.807, 2.05) is 31.2 Å². The number of rotatable bonds is 9. The molecule has 0 aliphatic carbocycles. The number of benzene rings is 2. The van der Waals surface area contributed by atoms with E-state index in [1.54, 1.807) is 12.1 Å². The summed E-state index contributed by atoms with van der Waals surface area (Å²) in [5.41, 5.74) is 1.66. The topological polar surface area (TPSA) is 27.7 Å². The fourth-order valence-electron chi connectivity index (χ4n) is 2.07. The molecule has 0 N–H and O–H groups in total. The Morgan fingerprint density at radius 2 is 1.41 bits per heavy atom. The van der Waals surface area contributed by atoms with Crippen LogP contribution in [0.4, 0.5) is 0 Å². The summed E-state index contributed by atoms with van der Waals surface area (Å²) in [4.78, 5) is 0. The van der Waals surface area contributed by atoms with Gasteiger partial charge in [0.15, 0.2) is 5.75 Å². The van der Waals surface area contributed by atoms with Gasteiger partial charge in [-0.05, 0) is 25.1 Å². The van der Waals surface area contributed by atoms with Crippen LogP contribution in [0.1, 0.15) is 5.56 Å². The van der Waals surface area contributed by atoms with Crippen LogP contribution in [0.2, 0.25) is 10.0 Å². The molecule has 0 bridgehead atoms. The van der Waals surface area contributed by atoms with Gasteiger partial charge in [0.05, 0.1) is 10.0 Å². The van der Waals surface area contributed by atoms with Gasteiger partial charge in [-0.25, -0.2) is 0 Å². The highest BCUT2D eigenvalue weighted by Gasteiger charge is 2.13. The van der Waals surface area contributed by atoms with Crippen LogP contribution in [0, 0.1) is 6.92 Å². The number of hydrogen-bond acceptors (Lipinski definition) is 3. The Bertz CT molecular complexity index is 863. The predicted octanol–water partition coefficient (Wildman–Crippen LogP) is 8.15. The molecule has 0 fully saturated rings. The molecular weight excluding hydrogens is 501 g/mol. The second-order valence-corrected chi connectivity index (χ2v) is 8.55. The SMILES string of the molecule is Cc1ccc(OCC(COc2c(Cl)cc(OCC=C(Cl)Cl)cc2Cl)=C(Cl)Cl)cc1. The molecule has 3 nitrogen and oxygen atoms in total. The number of hydrogen-bond donors (Lipinski definition) is 0. The van der Waals surface area contributed by atoms with Crippen LogP contribution < -0.4 is 14.2 Å². The number of ether oxygens (including phenoxy) is 3. The van der Waals surface area contributed by atoms with Crippen LogP contribution in [0.3, 0.4) is 0 Å².